The standard InChI is InChI=1S/C23H24N2O3/c1-27-21-9-8-19-12-18(6-7-20(19)13-21)16-2-4-17(5-3-16)23(26)25-10-11-28-22(14-24)15-25/h2-9,12-13,22H,10-11,14-15,24H2,1H3. The summed E-state index contributed by atoms with van der Waals surface area (Å²) in [6.07, 6.45) is -0.0757. The van der Waals surface area contributed by atoms with Gasteiger partial charge in [-0.15, -0.1) is 0 Å². The Morgan fingerprint density at radius 3 is 2.54 bits per heavy atom. The Balaban J connectivity index is 1.54. The van der Waals surface area contributed by atoms with Crippen molar-refractivity contribution in [3.05, 3.63) is 66.2 Å². The van der Waals surface area contributed by atoms with Crippen molar-refractivity contribution in [3.63, 3.8) is 0 Å². The number of carbonyl (C=O) groups is 1. The molecule has 3 aromatic carbocycles. The highest BCUT2D eigenvalue weighted by atomic mass is 16.5. The van der Waals surface area contributed by atoms with Crippen molar-refractivity contribution < 1.29 is 14.3 Å². The summed E-state index contributed by atoms with van der Waals surface area (Å²) in [5.41, 5.74) is 8.56. The van der Waals surface area contributed by atoms with Crippen LogP contribution in [-0.4, -0.2) is 50.3 Å². The van der Waals surface area contributed by atoms with Crippen LogP contribution in [0, 0.1) is 0 Å². The summed E-state index contributed by atoms with van der Waals surface area (Å²) in [6, 6.07) is 20.2. The van der Waals surface area contributed by atoms with Crippen LogP contribution in [0.15, 0.2) is 60.7 Å². The second kappa shape index (κ2) is 8.00. The van der Waals surface area contributed by atoms with E-state index in [1.165, 1.54) is 0 Å². The molecule has 1 aliphatic heterocycles. The van der Waals surface area contributed by atoms with E-state index >= 15 is 0 Å². The van der Waals surface area contributed by atoms with E-state index in [2.05, 4.69) is 24.3 Å². The molecule has 0 bridgehead atoms. The molecule has 0 spiro atoms. The topological polar surface area (TPSA) is 64.8 Å². The molecule has 1 fully saturated rings. The van der Waals surface area contributed by atoms with Crippen molar-refractivity contribution in [2.24, 2.45) is 5.73 Å². The number of amides is 1. The molecule has 1 amide bonds. The van der Waals surface area contributed by atoms with Crippen molar-refractivity contribution in [3.8, 4) is 16.9 Å². The molecule has 28 heavy (non-hydrogen) atoms. The zero-order valence-electron chi connectivity index (χ0n) is 15.9. The lowest BCUT2D eigenvalue weighted by atomic mass is 10.00. The molecule has 0 aliphatic carbocycles. The lowest BCUT2D eigenvalue weighted by Gasteiger charge is -2.32. The molecule has 1 aliphatic rings. The van der Waals surface area contributed by atoms with Gasteiger partial charge in [-0.3, -0.25) is 4.79 Å². The van der Waals surface area contributed by atoms with E-state index in [0.717, 1.165) is 27.6 Å². The third kappa shape index (κ3) is 3.72. The fraction of sp³-hybridized carbons (Fsp3) is 0.261. The van der Waals surface area contributed by atoms with Crippen LogP contribution in [0.3, 0.4) is 0 Å². The Labute approximate surface area is 164 Å². The van der Waals surface area contributed by atoms with Gasteiger partial charge < -0.3 is 20.1 Å². The highest BCUT2D eigenvalue weighted by molar-refractivity contribution is 5.95. The van der Waals surface area contributed by atoms with Gasteiger partial charge in [-0.1, -0.05) is 30.3 Å². The van der Waals surface area contributed by atoms with E-state index in [4.69, 9.17) is 15.2 Å². The van der Waals surface area contributed by atoms with Gasteiger partial charge in [0.2, 0.25) is 0 Å². The number of rotatable bonds is 4. The van der Waals surface area contributed by atoms with E-state index in [9.17, 15) is 4.79 Å². The molecule has 0 radical (unpaired) electrons. The van der Waals surface area contributed by atoms with Crippen LogP contribution in [0.4, 0.5) is 0 Å². The van der Waals surface area contributed by atoms with Crippen LogP contribution in [-0.2, 0) is 4.74 Å². The fourth-order valence-corrected chi connectivity index (χ4v) is 3.56. The van der Waals surface area contributed by atoms with Gasteiger partial charge in [-0.25, -0.2) is 0 Å². The van der Waals surface area contributed by atoms with Crippen molar-refractivity contribution in [2.75, 3.05) is 33.4 Å². The molecule has 1 unspecified atom stereocenters. The molecular weight excluding hydrogens is 352 g/mol. The van der Waals surface area contributed by atoms with Gasteiger partial charge in [-0.05, 0) is 52.2 Å². The van der Waals surface area contributed by atoms with Crippen molar-refractivity contribution >= 4 is 16.7 Å². The number of nitrogens with two attached hydrogens (primary N) is 1. The number of benzene rings is 3. The zero-order valence-corrected chi connectivity index (χ0v) is 15.9. The van der Waals surface area contributed by atoms with Gasteiger partial charge in [0.1, 0.15) is 5.75 Å². The Morgan fingerprint density at radius 2 is 1.79 bits per heavy atom. The van der Waals surface area contributed by atoms with Gasteiger partial charge in [0, 0.05) is 25.2 Å². The molecular formula is C23H24N2O3. The van der Waals surface area contributed by atoms with Gasteiger partial charge in [0.15, 0.2) is 0 Å². The molecule has 4 rings (SSSR count). The number of nitrogens with zero attached hydrogens (tertiary/aromatic N) is 1. The van der Waals surface area contributed by atoms with E-state index in [0.29, 0.717) is 31.8 Å². The van der Waals surface area contributed by atoms with Crippen LogP contribution in [0.2, 0.25) is 0 Å². The number of carbonyl (C=O) groups excluding carboxylic acids is 1. The smallest absolute Gasteiger partial charge is 0.254 e. The summed E-state index contributed by atoms with van der Waals surface area (Å²) in [7, 11) is 1.67. The minimum absolute atomic E-state index is 0.0268. The number of fused-ring (bicyclic) bond motifs is 1. The Bertz CT molecular complexity index is 985. The maximum Gasteiger partial charge on any atom is 0.254 e. The van der Waals surface area contributed by atoms with E-state index in [1.807, 2.05) is 41.3 Å². The molecule has 1 saturated heterocycles. The summed E-state index contributed by atoms with van der Waals surface area (Å²) < 4.78 is 10.8. The summed E-state index contributed by atoms with van der Waals surface area (Å²) in [5, 5.41) is 2.29. The van der Waals surface area contributed by atoms with Crippen molar-refractivity contribution in [1.29, 1.82) is 0 Å². The first-order valence-electron chi connectivity index (χ1n) is 9.47. The minimum atomic E-state index is -0.0757. The second-order valence-electron chi connectivity index (χ2n) is 6.98. The molecule has 3 aromatic rings. The lowest BCUT2D eigenvalue weighted by molar-refractivity contribution is -0.0167. The molecule has 0 saturated carbocycles. The number of methoxy groups -OCH3 is 1. The average molecular weight is 376 g/mol. The first-order chi connectivity index (χ1) is 13.7. The summed E-state index contributed by atoms with van der Waals surface area (Å²) in [6.45, 7) is 2.11. The maximum absolute atomic E-state index is 12.8. The normalized spacial score (nSPS) is 16.9. The first-order valence-corrected chi connectivity index (χ1v) is 9.47. The number of hydrogen-bond donors (Lipinski definition) is 1. The SMILES string of the molecule is COc1ccc2cc(-c3ccc(C(=O)N4CCOC(CN)C4)cc3)ccc2c1. The predicted octanol–water partition coefficient (Wildman–Crippen LogP) is 3.32. The quantitative estimate of drug-likeness (QED) is 0.759. The molecule has 144 valence electrons. The van der Waals surface area contributed by atoms with Gasteiger partial charge >= 0.3 is 0 Å². The summed E-state index contributed by atoms with van der Waals surface area (Å²) in [4.78, 5) is 14.6. The molecule has 2 N–H and O–H groups in total. The van der Waals surface area contributed by atoms with E-state index < -0.39 is 0 Å². The van der Waals surface area contributed by atoms with E-state index in [1.54, 1.807) is 7.11 Å². The van der Waals surface area contributed by atoms with Crippen LogP contribution < -0.4 is 10.5 Å². The van der Waals surface area contributed by atoms with E-state index in [-0.39, 0.29) is 12.0 Å². The van der Waals surface area contributed by atoms with Crippen LogP contribution in [0.1, 0.15) is 10.4 Å². The molecule has 5 heteroatoms. The van der Waals surface area contributed by atoms with Crippen LogP contribution in [0.5, 0.6) is 5.75 Å². The van der Waals surface area contributed by atoms with Gasteiger partial charge in [0.05, 0.1) is 19.8 Å². The second-order valence-corrected chi connectivity index (χ2v) is 6.98. The largest absolute Gasteiger partial charge is 0.497 e. The van der Waals surface area contributed by atoms with Crippen molar-refractivity contribution in [1.82, 2.24) is 4.90 Å². The Hall–Kier alpha value is -2.89. The van der Waals surface area contributed by atoms with Crippen LogP contribution in [0.25, 0.3) is 21.9 Å². The van der Waals surface area contributed by atoms with Gasteiger partial charge in [-0.2, -0.15) is 0 Å². The van der Waals surface area contributed by atoms with Crippen molar-refractivity contribution in [2.45, 2.75) is 6.10 Å². The molecule has 1 atom stereocenters. The van der Waals surface area contributed by atoms with Crippen LogP contribution >= 0.6 is 0 Å². The predicted molar refractivity (Wildman–Crippen MR) is 111 cm³/mol. The third-order valence-corrected chi connectivity index (χ3v) is 5.20. The Kier molecular flexibility index (Phi) is 5.28. The summed E-state index contributed by atoms with van der Waals surface area (Å²) in [5.74, 6) is 0.877. The zero-order chi connectivity index (χ0) is 19.5. The van der Waals surface area contributed by atoms with Gasteiger partial charge in [0.25, 0.3) is 5.91 Å². The first kappa shape index (κ1) is 18.5. The Morgan fingerprint density at radius 1 is 1.07 bits per heavy atom. The maximum atomic E-state index is 12.8. The minimum Gasteiger partial charge on any atom is -0.497 e. The third-order valence-electron chi connectivity index (χ3n) is 5.20. The monoisotopic (exact) mass is 376 g/mol. The lowest BCUT2D eigenvalue weighted by Crippen LogP contribution is -2.48. The number of morpholine rings is 1. The average Bonchev–Trinajstić information content (AvgIpc) is 2.78. The highest BCUT2D eigenvalue weighted by Crippen LogP contribution is 2.27. The highest BCUT2D eigenvalue weighted by Gasteiger charge is 2.24. The molecule has 0 aromatic heterocycles. The fourth-order valence-electron chi connectivity index (χ4n) is 3.56. The molecule has 5 nitrogen and oxygen atoms in total. The molecule has 1 heterocycles. The number of ether oxygens (including phenoxy) is 2. The number of hydrogen-bond acceptors (Lipinski definition) is 4. The summed E-state index contributed by atoms with van der Waals surface area (Å²) >= 11 is 0.